The number of carbonyl (C=O) groups is 1. The second-order valence-electron chi connectivity index (χ2n) is 5.74. The number of aliphatic hydroxyl groups excluding tert-OH is 1. The lowest BCUT2D eigenvalue weighted by Crippen LogP contribution is -2.38. The smallest absolute Gasteiger partial charge is 0.255 e. The van der Waals surface area contributed by atoms with E-state index in [0.717, 1.165) is 17.8 Å². The summed E-state index contributed by atoms with van der Waals surface area (Å²) in [5.74, 6) is 0.190. The van der Waals surface area contributed by atoms with Crippen molar-refractivity contribution in [3.05, 3.63) is 42.0 Å². The summed E-state index contributed by atoms with van der Waals surface area (Å²) in [7, 11) is 0. The molecule has 0 radical (unpaired) electrons. The van der Waals surface area contributed by atoms with E-state index in [-0.39, 0.29) is 18.6 Å². The molecule has 0 aliphatic rings. The number of amides is 1. The molecule has 2 aromatic rings. The van der Waals surface area contributed by atoms with Crippen LogP contribution in [-0.4, -0.2) is 38.4 Å². The van der Waals surface area contributed by atoms with Crippen molar-refractivity contribution in [2.75, 3.05) is 6.61 Å². The van der Waals surface area contributed by atoms with Crippen molar-refractivity contribution in [1.29, 1.82) is 0 Å². The summed E-state index contributed by atoms with van der Waals surface area (Å²) in [6.07, 6.45) is 5.65. The molecule has 22 heavy (non-hydrogen) atoms. The third kappa shape index (κ3) is 3.71. The van der Waals surface area contributed by atoms with Crippen LogP contribution >= 0.6 is 0 Å². The molecule has 1 atom stereocenters. The number of aromatic nitrogens is 3. The minimum atomic E-state index is -0.240. The lowest BCUT2D eigenvalue weighted by atomic mass is 10.0. The normalized spacial score (nSPS) is 12.4. The van der Waals surface area contributed by atoms with Gasteiger partial charge in [-0.2, -0.15) is 5.10 Å². The molecule has 2 aromatic heterocycles. The Morgan fingerprint density at radius 2 is 2.05 bits per heavy atom. The van der Waals surface area contributed by atoms with Crippen molar-refractivity contribution >= 4 is 5.91 Å². The molecule has 2 N–H and O–H groups in total. The van der Waals surface area contributed by atoms with E-state index >= 15 is 0 Å². The average Bonchev–Trinajstić information content (AvgIpc) is 2.88. The third-order valence-corrected chi connectivity index (χ3v) is 3.47. The van der Waals surface area contributed by atoms with Crippen molar-refractivity contribution in [2.24, 2.45) is 5.92 Å². The fraction of sp³-hybridized carbons (Fsp3) is 0.438. The average molecular weight is 302 g/mol. The number of aliphatic hydroxyl groups is 1. The van der Waals surface area contributed by atoms with Gasteiger partial charge in [0.1, 0.15) is 0 Å². The first-order valence-corrected chi connectivity index (χ1v) is 7.39. The zero-order valence-electron chi connectivity index (χ0n) is 13.2. The molecule has 0 saturated carbocycles. The Morgan fingerprint density at radius 3 is 2.64 bits per heavy atom. The Kier molecular flexibility index (Phi) is 5.27. The van der Waals surface area contributed by atoms with Crippen molar-refractivity contribution < 1.29 is 9.90 Å². The lowest BCUT2D eigenvalue weighted by Gasteiger charge is -2.18. The van der Waals surface area contributed by atoms with Crippen molar-refractivity contribution in [3.63, 3.8) is 0 Å². The topological polar surface area (TPSA) is 80.0 Å². The maximum atomic E-state index is 12.4. The second-order valence-corrected chi connectivity index (χ2v) is 5.74. The summed E-state index contributed by atoms with van der Waals surface area (Å²) < 4.78 is 1.70. The second kappa shape index (κ2) is 7.17. The van der Waals surface area contributed by atoms with Gasteiger partial charge in [0.2, 0.25) is 0 Å². The molecule has 0 fully saturated rings. The van der Waals surface area contributed by atoms with E-state index in [1.165, 1.54) is 0 Å². The number of nitrogens with one attached hydrogen (secondary N) is 1. The summed E-state index contributed by atoms with van der Waals surface area (Å²) in [4.78, 5) is 16.3. The van der Waals surface area contributed by atoms with Crippen molar-refractivity contribution in [1.82, 2.24) is 20.1 Å². The Bertz CT molecular complexity index is 622. The number of rotatable bonds is 6. The number of hydrogen-bond donors (Lipinski definition) is 2. The van der Waals surface area contributed by atoms with E-state index in [0.29, 0.717) is 11.5 Å². The molecule has 0 aromatic carbocycles. The molecule has 6 nitrogen and oxygen atoms in total. The van der Waals surface area contributed by atoms with Gasteiger partial charge in [-0.15, -0.1) is 0 Å². The Hall–Kier alpha value is -2.21. The van der Waals surface area contributed by atoms with Crippen LogP contribution in [0.15, 0.2) is 30.7 Å². The summed E-state index contributed by atoms with van der Waals surface area (Å²) in [6, 6.07) is 3.42. The van der Waals surface area contributed by atoms with Gasteiger partial charge >= 0.3 is 0 Å². The molecule has 0 bridgehead atoms. The predicted octanol–water partition coefficient (Wildman–Crippen LogP) is 1.71. The highest BCUT2D eigenvalue weighted by Gasteiger charge is 2.19. The fourth-order valence-electron chi connectivity index (χ4n) is 2.39. The largest absolute Gasteiger partial charge is 0.394 e. The third-order valence-electron chi connectivity index (χ3n) is 3.47. The van der Waals surface area contributed by atoms with Crippen LogP contribution in [0.4, 0.5) is 0 Å². The number of pyridine rings is 1. The first-order chi connectivity index (χ1) is 10.5. The summed E-state index contributed by atoms with van der Waals surface area (Å²) in [5, 5.41) is 16.5. The molecule has 0 spiro atoms. The summed E-state index contributed by atoms with van der Waals surface area (Å²) >= 11 is 0. The Morgan fingerprint density at radius 1 is 1.36 bits per heavy atom. The minimum Gasteiger partial charge on any atom is -0.394 e. The van der Waals surface area contributed by atoms with E-state index in [2.05, 4.69) is 29.2 Å². The van der Waals surface area contributed by atoms with Gasteiger partial charge < -0.3 is 10.4 Å². The monoisotopic (exact) mass is 302 g/mol. The standard InChI is InChI=1S/C16H22N4O2/c1-11(2)8-13(10-21)19-16(22)15-9-18-20(12(15)3)14-4-6-17-7-5-14/h4-7,9,11,13,21H,8,10H2,1-3H3,(H,19,22). The van der Waals surface area contributed by atoms with Gasteiger partial charge in [0, 0.05) is 12.4 Å². The molecular formula is C16H22N4O2. The maximum Gasteiger partial charge on any atom is 0.255 e. The number of nitrogens with zero attached hydrogens (tertiary/aromatic N) is 3. The van der Waals surface area contributed by atoms with Gasteiger partial charge in [-0.1, -0.05) is 13.8 Å². The molecule has 0 aliphatic heterocycles. The zero-order valence-corrected chi connectivity index (χ0v) is 13.2. The van der Waals surface area contributed by atoms with E-state index in [1.807, 2.05) is 19.1 Å². The molecule has 118 valence electrons. The van der Waals surface area contributed by atoms with Crippen LogP contribution in [0.25, 0.3) is 5.69 Å². The number of hydrogen-bond acceptors (Lipinski definition) is 4. The van der Waals surface area contributed by atoms with E-state index < -0.39 is 0 Å². The number of carbonyl (C=O) groups excluding carboxylic acids is 1. The van der Waals surface area contributed by atoms with E-state index in [9.17, 15) is 9.90 Å². The molecule has 2 rings (SSSR count). The highest BCUT2D eigenvalue weighted by atomic mass is 16.3. The Balaban J connectivity index is 2.16. The van der Waals surface area contributed by atoms with Crippen LogP contribution in [0.5, 0.6) is 0 Å². The molecule has 1 unspecified atom stereocenters. The van der Waals surface area contributed by atoms with Gasteiger partial charge in [0.15, 0.2) is 0 Å². The van der Waals surface area contributed by atoms with Crippen LogP contribution in [-0.2, 0) is 0 Å². The highest BCUT2D eigenvalue weighted by Crippen LogP contribution is 2.14. The van der Waals surface area contributed by atoms with Crippen molar-refractivity contribution in [3.8, 4) is 5.69 Å². The quantitative estimate of drug-likeness (QED) is 0.851. The molecule has 0 saturated heterocycles. The Labute approximate surface area is 130 Å². The fourth-order valence-corrected chi connectivity index (χ4v) is 2.39. The van der Waals surface area contributed by atoms with Crippen LogP contribution in [0.1, 0.15) is 36.3 Å². The minimum absolute atomic E-state index is 0.0680. The van der Waals surface area contributed by atoms with Gasteiger partial charge in [0.25, 0.3) is 5.91 Å². The maximum absolute atomic E-state index is 12.4. The van der Waals surface area contributed by atoms with Gasteiger partial charge in [-0.05, 0) is 31.4 Å². The zero-order chi connectivity index (χ0) is 16.1. The van der Waals surface area contributed by atoms with Crippen molar-refractivity contribution in [2.45, 2.75) is 33.2 Å². The molecule has 0 aliphatic carbocycles. The lowest BCUT2D eigenvalue weighted by molar-refractivity contribution is 0.0907. The van der Waals surface area contributed by atoms with E-state index in [1.54, 1.807) is 23.3 Å². The predicted molar refractivity (Wildman–Crippen MR) is 83.9 cm³/mol. The van der Waals surface area contributed by atoms with Crippen LogP contribution in [0.3, 0.4) is 0 Å². The van der Waals surface area contributed by atoms with Gasteiger partial charge in [-0.25, -0.2) is 4.68 Å². The van der Waals surface area contributed by atoms with E-state index in [4.69, 9.17) is 0 Å². The first kappa shape index (κ1) is 16.2. The van der Waals surface area contributed by atoms with Crippen LogP contribution in [0, 0.1) is 12.8 Å². The molecule has 2 heterocycles. The van der Waals surface area contributed by atoms with Gasteiger partial charge in [-0.3, -0.25) is 9.78 Å². The SMILES string of the molecule is Cc1c(C(=O)NC(CO)CC(C)C)cnn1-c1ccncc1. The highest BCUT2D eigenvalue weighted by molar-refractivity contribution is 5.95. The molecule has 1 amide bonds. The van der Waals surface area contributed by atoms with Gasteiger partial charge in [0.05, 0.1) is 35.8 Å². The molecule has 6 heteroatoms. The molecular weight excluding hydrogens is 280 g/mol. The van der Waals surface area contributed by atoms with Crippen LogP contribution in [0.2, 0.25) is 0 Å². The summed E-state index contributed by atoms with van der Waals surface area (Å²) in [5.41, 5.74) is 2.12. The first-order valence-electron chi connectivity index (χ1n) is 7.39. The summed E-state index contributed by atoms with van der Waals surface area (Å²) in [6.45, 7) is 5.89. The van der Waals surface area contributed by atoms with Crippen LogP contribution < -0.4 is 5.32 Å².